The number of carbonyl (C=O) groups excluding carboxylic acids is 1. The maximum absolute atomic E-state index is 13.7. The van der Waals surface area contributed by atoms with Crippen molar-refractivity contribution in [3.63, 3.8) is 0 Å². The molecule has 1 aromatic carbocycles. The Hall–Kier alpha value is -1.94. The van der Waals surface area contributed by atoms with Gasteiger partial charge in [0.2, 0.25) is 0 Å². The number of hydrogen-bond acceptors (Lipinski definition) is 3. The second kappa shape index (κ2) is 4.74. The molecule has 0 amide bonds. The zero-order chi connectivity index (χ0) is 13.2. The zero-order valence-corrected chi connectivity index (χ0v) is 10.0. The summed E-state index contributed by atoms with van der Waals surface area (Å²) in [5.41, 5.74) is 5.84. The SMILES string of the molecule is COC(=O)C1(N)CC(c2ccccc2)=CC=C1F. The molecule has 1 aromatic rings. The van der Waals surface area contributed by atoms with Gasteiger partial charge in [0.25, 0.3) is 0 Å². The second-order valence-electron chi connectivity index (χ2n) is 4.21. The Morgan fingerprint density at radius 1 is 1.33 bits per heavy atom. The van der Waals surface area contributed by atoms with E-state index in [9.17, 15) is 9.18 Å². The van der Waals surface area contributed by atoms with Crippen molar-refractivity contribution < 1.29 is 13.9 Å². The van der Waals surface area contributed by atoms with Crippen molar-refractivity contribution in [1.82, 2.24) is 0 Å². The summed E-state index contributed by atoms with van der Waals surface area (Å²) in [5.74, 6) is -1.44. The number of benzene rings is 1. The number of allylic oxidation sites excluding steroid dienone is 2. The van der Waals surface area contributed by atoms with E-state index in [-0.39, 0.29) is 6.42 Å². The lowest BCUT2D eigenvalue weighted by Gasteiger charge is -2.28. The molecule has 1 aliphatic carbocycles. The molecule has 0 spiro atoms. The van der Waals surface area contributed by atoms with Crippen LogP contribution in [0.4, 0.5) is 4.39 Å². The fourth-order valence-electron chi connectivity index (χ4n) is 1.97. The number of hydrogen-bond donors (Lipinski definition) is 1. The van der Waals surface area contributed by atoms with E-state index in [2.05, 4.69) is 4.74 Å². The Morgan fingerprint density at radius 3 is 2.61 bits per heavy atom. The van der Waals surface area contributed by atoms with Gasteiger partial charge in [0.15, 0.2) is 5.54 Å². The Labute approximate surface area is 105 Å². The molecule has 0 radical (unpaired) electrons. The van der Waals surface area contributed by atoms with E-state index in [1.54, 1.807) is 6.08 Å². The van der Waals surface area contributed by atoms with Gasteiger partial charge < -0.3 is 10.5 Å². The number of carbonyl (C=O) groups is 1. The van der Waals surface area contributed by atoms with Crippen molar-refractivity contribution in [2.45, 2.75) is 12.0 Å². The molecular formula is C14H14FNO2. The smallest absolute Gasteiger partial charge is 0.333 e. The standard InChI is InChI=1S/C14H14FNO2/c1-18-13(17)14(16)9-11(7-8-12(14)15)10-5-3-2-4-6-10/h2-8H,9,16H2,1H3. The first-order valence-corrected chi connectivity index (χ1v) is 5.57. The molecule has 0 heterocycles. The van der Waals surface area contributed by atoms with Crippen molar-refractivity contribution in [3.8, 4) is 0 Å². The molecule has 0 aromatic heterocycles. The van der Waals surface area contributed by atoms with Crippen LogP contribution in [0.5, 0.6) is 0 Å². The van der Waals surface area contributed by atoms with E-state index in [0.717, 1.165) is 11.1 Å². The van der Waals surface area contributed by atoms with Crippen LogP contribution >= 0.6 is 0 Å². The first-order chi connectivity index (χ1) is 8.58. The first-order valence-electron chi connectivity index (χ1n) is 5.57. The van der Waals surface area contributed by atoms with Crippen molar-refractivity contribution >= 4 is 11.5 Å². The van der Waals surface area contributed by atoms with E-state index in [1.807, 2.05) is 30.3 Å². The van der Waals surface area contributed by atoms with Crippen molar-refractivity contribution in [2.24, 2.45) is 5.73 Å². The van der Waals surface area contributed by atoms with Gasteiger partial charge in [-0.05, 0) is 17.2 Å². The fourth-order valence-corrected chi connectivity index (χ4v) is 1.97. The van der Waals surface area contributed by atoms with Crippen LogP contribution in [0, 0.1) is 0 Å². The molecule has 1 unspecified atom stereocenters. The van der Waals surface area contributed by atoms with Gasteiger partial charge in [0.05, 0.1) is 7.11 Å². The highest BCUT2D eigenvalue weighted by Gasteiger charge is 2.42. The second-order valence-corrected chi connectivity index (χ2v) is 4.21. The number of esters is 1. The maximum Gasteiger partial charge on any atom is 0.333 e. The lowest BCUT2D eigenvalue weighted by Crippen LogP contribution is -2.50. The molecule has 18 heavy (non-hydrogen) atoms. The highest BCUT2D eigenvalue weighted by atomic mass is 19.1. The molecule has 2 N–H and O–H groups in total. The summed E-state index contributed by atoms with van der Waals surface area (Å²) in [7, 11) is 1.20. The third-order valence-electron chi connectivity index (χ3n) is 3.02. The third-order valence-corrected chi connectivity index (χ3v) is 3.02. The fraction of sp³-hybridized carbons (Fsp3) is 0.214. The average Bonchev–Trinajstić information content (AvgIpc) is 2.42. The Bertz CT molecular complexity index is 522. The Kier molecular flexibility index (Phi) is 3.30. The van der Waals surface area contributed by atoms with Crippen LogP contribution in [0.25, 0.3) is 5.57 Å². The van der Waals surface area contributed by atoms with Crippen LogP contribution in [-0.2, 0) is 9.53 Å². The minimum Gasteiger partial charge on any atom is -0.467 e. The summed E-state index contributed by atoms with van der Waals surface area (Å²) in [4.78, 5) is 11.6. The maximum atomic E-state index is 13.7. The van der Waals surface area contributed by atoms with Crippen LogP contribution in [0.15, 0.2) is 48.3 Å². The number of methoxy groups -OCH3 is 1. The number of halogens is 1. The molecule has 3 nitrogen and oxygen atoms in total. The topological polar surface area (TPSA) is 52.3 Å². The monoisotopic (exact) mass is 247 g/mol. The van der Waals surface area contributed by atoms with Crippen molar-refractivity contribution in [1.29, 1.82) is 0 Å². The first kappa shape index (κ1) is 12.5. The largest absolute Gasteiger partial charge is 0.467 e. The lowest BCUT2D eigenvalue weighted by atomic mass is 9.83. The van der Waals surface area contributed by atoms with Gasteiger partial charge in [-0.15, -0.1) is 0 Å². The Balaban J connectivity index is 2.36. The molecule has 94 valence electrons. The van der Waals surface area contributed by atoms with Crippen molar-refractivity contribution in [2.75, 3.05) is 7.11 Å². The zero-order valence-electron chi connectivity index (χ0n) is 10.0. The van der Waals surface area contributed by atoms with Crippen LogP contribution in [0.3, 0.4) is 0 Å². The van der Waals surface area contributed by atoms with Gasteiger partial charge in [-0.25, -0.2) is 9.18 Å². The third kappa shape index (κ3) is 2.07. The van der Waals surface area contributed by atoms with E-state index in [0.29, 0.717) is 0 Å². The minimum absolute atomic E-state index is 0.0893. The van der Waals surface area contributed by atoms with Crippen molar-refractivity contribution in [3.05, 3.63) is 53.9 Å². The Morgan fingerprint density at radius 2 is 2.00 bits per heavy atom. The molecule has 0 fully saturated rings. The van der Waals surface area contributed by atoms with Crippen LogP contribution < -0.4 is 5.73 Å². The highest BCUT2D eigenvalue weighted by Crippen LogP contribution is 2.34. The van der Waals surface area contributed by atoms with E-state index < -0.39 is 17.3 Å². The predicted molar refractivity (Wildman–Crippen MR) is 67.2 cm³/mol. The number of rotatable bonds is 2. The summed E-state index contributed by atoms with van der Waals surface area (Å²) in [6.45, 7) is 0. The van der Waals surface area contributed by atoms with Gasteiger partial charge in [0.1, 0.15) is 5.83 Å². The van der Waals surface area contributed by atoms with E-state index in [1.165, 1.54) is 13.2 Å². The van der Waals surface area contributed by atoms with Crippen LogP contribution in [0.2, 0.25) is 0 Å². The lowest BCUT2D eigenvalue weighted by molar-refractivity contribution is -0.146. The molecule has 1 atom stereocenters. The van der Waals surface area contributed by atoms with Crippen LogP contribution in [-0.4, -0.2) is 18.6 Å². The molecule has 0 aliphatic heterocycles. The summed E-state index contributed by atoms with van der Waals surface area (Å²) in [6, 6.07) is 9.42. The van der Waals surface area contributed by atoms with Crippen LogP contribution in [0.1, 0.15) is 12.0 Å². The summed E-state index contributed by atoms with van der Waals surface area (Å²) >= 11 is 0. The molecule has 0 saturated heterocycles. The number of nitrogens with two attached hydrogens (primary N) is 1. The number of ether oxygens (including phenoxy) is 1. The predicted octanol–water partition coefficient (Wildman–Crippen LogP) is 2.20. The normalized spacial score (nSPS) is 23.1. The molecule has 4 heteroatoms. The molecular weight excluding hydrogens is 233 g/mol. The summed E-state index contributed by atoms with van der Waals surface area (Å²) in [5, 5.41) is 0. The minimum atomic E-state index is -1.71. The van der Waals surface area contributed by atoms with Gasteiger partial charge in [-0.1, -0.05) is 36.4 Å². The van der Waals surface area contributed by atoms with Gasteiger partial charge in [-0.2, -0.15) is 0 Å². The quantitative estimate of drug-likeness (QED) is 0.815. The average molecular weight is 247 g/mol. The molecule has 2 rings (SSSR count). The van der Waals surface area contributed by atoms with Gasteiger partial charge in [0, 0.05) is 6.42 Å². The summed E-state index contributed by atoms with van der Waals surface area (Å²) < 4.78 is 18.3. The molecule has 1 aliphatic rings. The van der Waals surface area contributed by atoms with E-state index >= 15 is 0 Å². The summed E-state index contributed by atoms with van der Waals surface area (Å²) in [6.07, 6.45) is 2.95. The van der Waals surface area contributed by atoms with Gasteiger partial charge in [-0.3, -0.25) is 0 Å². The molecule has 0 saturated carbocycles. The highest BCUT2D eigenvalue weighted by molar-refractivity contribution is 5.89. The van der Waals surface area contributed by atoms with E-state index in [4.69, 9.17) is 5.73 Å². The van der Waals surface area contributed by atoms with Gasteiger partial charge >= 0.3 is 5.97 Å². The molecule has 0 bridgehead atoms.